The molecule has 0 saturated heterocycles. The van der Waals surface area contributed by atoms with Gasteiger partial charge in [-0.25, -0.2) is 4.79 Å². The molecule has 0 heterocycles. The summed E-state index contributed by atoms with van der Waals surface area (Å²) in [5.74, 6) is -0.214. The highest BCUT2D eigenvalue weighted by Gasteiger charge is 2.15. The monoisotopic (exact) mass is 278 g/mol. The molecule has 0 atom stereocenters. The molecule has 1 fully saturated rings. The van der Waals surface area contributed by atoms with Crippen molar-refractivity contribution >= 4 is 24.3 Å². The fourth-order valence-corrected chi connectivity index (χ4v) is 1.92. The average Bonchev–Trinajstić information content (AvgIpc) is 2.35. The molecule has 1 aliphatic rings. The number of urea groups is 1. The van der Waals surface area contributed by atoms with Crippen LogP contribution in [0.2, 0.25) is 0 Å². The van der Waals surface area contributed by atoms with Gasteiger partial charge in [0.25, 0.3) is 0 Å². The number of amides is 3. The fraction of sp³-hybridized carbons (Fsp3) is 0.818. The largest absolute Gasteiger partial charge is 0.353 e. The van der Waals surface area contributed by atoms with Gasteiger partial charge in [0.15, 0.2) is 0 Å². The van der Waals surface area contributed by atoms with Crippen molar-refractivity contribution in [2.24, 2.45) is 5.73 Å². The molecule has 0 aromatic heterocycles. The van der Waals surface area contributed by atoms with Crippen molar-refractivity contribution in [1.82, 2.24) is 16.0 Å². The number of nitrogens with two attached hydrogens (primary N) is 1. The lowest BCUT2D eigenvalue weighted by Gasteiger charge is -2.22. The zero-order valence-corrected chi connectivity index (χ0v) is 11.4. The van der Waals surface area contributed by atoms with Crippen molar-refractivity contribution in [2.75, 3.05) is 19.6 Å². The third kappa shape index (κ3) is 7.34. The molecule has 1 saturated carbocycles. The molecule has 3 amide bonds. The lowest BCUT2D eigenvalue weighted by atomic mass is 9.96. The number of halogens is 1. The predicted molar refractivity (Wildman–Crippen MR) is 72.7 cm³/mol. The van der Waals surface area contributed by atoms with Crippen molar-refractivity contribution in [3.05, 3.63) is 0 Å². The first-order chi connectivity index (χ1) is 8.22. The number of nitrogens with one attached hydrogen (secondary N) is 3. The molecule has 0 bridgehead atoms. The van der Waals surface area contributed by atoms with Crippen LogP contribution in [0.5, 0.6) is 0 Å². The molecule has 0 unspecified atom stereocenters. The van der Waals surface area contributed by atoms with E-state index in [0.717, 1.165) is 12.8 Å². The van der Waals surface area contributed by atoms with Gasteiger partial charge in [0.1, 0.15) is 0 Å². The smallest absolute Gasteiger partial charge is 0.315 e. The Morgan fingerprint density at radius 1 is 1.11 bits per heavy atom. The van der Waals surface area contributed by atoms with Crippen LogP contribution < -0.4 is 21.7 Å². The third-order valence-corrected chi connectivity index (χ3v) is 2.82. The molecular formula is C11H23ClN4O2. The van der Waals surface area contributed by atoms with Crippen LogP contribution in [0, 0.1) is 0 Å². The van der Waals surface area contributed by atoms with Gasteiger partial charge < -0.3 is 21.7 Å². The molecule has 6 nitrogen and oxygen atoms in total. The van der Waals surface area contributed by atoms with Crippen molar-refractivity contribution in [1.29, 1.82) is 0 Å². The lowest BCUT2D eigenvalue weighted by Crippen LogP contribution is -2.46. The van der Waals surface area contributed by atoms with E-state index < -0.39 is 0 Å². The first kappa shape index (κ1) is 17.0. The van der Waals surface area contributed by atoms with Crippen LogP contribution in [0.3, 0.4) is 0 Å². The topological polar surface area (TPSA) is 96.2 Å². The highest BCUT2D eigenvalue weighted by Crippen LogP contribution is 2.16. The Morgan fingerprint density at radius 2 is 1.78 bits per heavy atom. The van der Waals surface area contributed by atoms with Gasteiger partial charge in [0, 0.05) is 19.1 Å². The summed E-state index contributed by atoms with van der Waals surface area (Å²) in [6.45, 7) is 0.837. The summed E-state index contributed by atoms with van der Waals surface area (Å²) in [6, 6.07) is -0.00403. The molecule has 1 rings (SSSR count). The molecular weight excluding hydrogens is 256 g/mol. The molecule has 5 N–H and O–H groups in total. The second-order valence-corrected chi connectivity index (χ2v) is 4.30. The van der Waals surface area contributed by atoms with Crippen molar-refractivity contribution in [2.45, 2.75) is 38.1 Å². The van der Waals surface area contributed by atoms with E-state index in [1.165, 1.54) is 19.3 Å². The molecule has 0 aliphatic heterocycles. The van der Waals surface area contributed by atoms with E-state index in [2.05, 4.69) is 16.0 Å². The van der Waals surface area contributed by atoms with Crippen LogP contribution in [0.4, 0.5) is 4.79 Å². The van der Waals surface area contributed by atoms with E-state index in [0.29, 0.717) is 13.1 Å². The van der Waals surface area contributed by atoms with Gasteiger partial charge in [-0.3, -0.25) is 4.79 Å². The summed E-state index contributed by atoms with van der Waals surface area (Å²) in [5, 5.41) is 8.00. The van der Waals surface area contributed by atoms with Gasteiger partial charge in [-0.15, -0.1) is 12.4 Å². The molecule has 0 radical (unpaired) electrons. The highest BCUT2D eigenvalue weighted by molar-refractivity contribution is 5.85. The Balaban J connectivity index is 0.00000289. The Labute approximate surface area is 114 Å². The maximum absolute atomic E-state index is 11.5. The van der Waals surface area contributed by atoms with E-state index in [4.69, 9.17) is 5.73 Å². The Hall–Kier alpha value is -1.01. The van der Waals surface area contributed by atoms with Crippen molar-refractivity contribution in [3.8, 4) is 0 Å². The van der Waals surface area contributed by atoms with E-state index in [1.54, 1.807) is 0 Å². The maximum atomic E-state index is 11.5. The van der Waals surface area contributed by atoms with Crippen molar-refractivity contribution < 1.29 is 9.59 Å². The summed E-state index contributed by atoms with van der Waals surface area (Å²) >= 11 is 0. The summed E-state index contributed by atoms with van der Waals surface area (Å²) in [4.78, 5) is 22.7. The second kappa shape index (κ2) is 9.96. The number of hydrogen-bond donors (Lipinski definition) is 4. The third-order valence-electron chi connectivity index (χ3n) is 2.82. The summed E-state index contributed by atoms with van der Waals surface area (Å²) in [7, 11) is 0. The van der Waals surface area contributed by atoms with E-state index in [-0.39, 0.29) is 36.9 Å². The zero-order chi connectivity index (χ0) is 12.5. The highest BCUT2D eigenvalue weighted by atomic mass is 35.5. The van der Waals surface area contributed by atoms with Crippen LogP contribution in [0.1, 0.15) is 32.1 Å². The van der Waals surface area contributed by atoms with Gasteiger partial charge in [0.2, 0.25) is 5.91 Å². The van der Waals surface area contributed by atoms with Crippen LogP contribution in [-0.4, -0.2) is 37.6 Å². The van der Waals surface area contributed by atoms with E-state index in [9.17, 15) is 9.59 Å². The summed E-state index contributed by atoms with van der Waals surface area (Å²) in [5.41, 5.74) is 5.24. The molecule has 1 aliphatic carbocycles. The number of rotatable bonds is 5. The van der Waals surface area contributed by atoms with Crippen LogP contribution in [0.25, 0.3) is 0 Å². The van der Waals surface area contributed by atoms with Crippen LogP contribution in [0.15, 0.2) is 0 Å². The van der Waals surface area contributed by atoms with Gasteiger partial charge >= 0.3 is 6.03 Å². The standard InChI is InChI=1S/C11H22N4O2.ClH/c12-6-7-13-10(16)8-14-11(17)15-9-4-2-1-3-5-9;/h9H,1-8,12H2,(H,13,16)(H2,14,15,17);1H. The van der Waals surface area contributed by atoms with Gasteiger partial charge in [-0.1, -0.05) is 19.3 Å². The Bertz CT molecular complexity index is 257. The molecule has 106 valence electrons. The lowest BCUT2D eigenvalue weighted by molar-refractivity contribution is -0.120. The number of carbonyl (C=O) groups is 2. The SMILES string of the molecule is Cl.NCCNC(=O)CNC(=O)NC1CCCCC1. The second-order valence-electron chi connectivity index (χ2n) is 4.30. The van der Waals surface area contributed by atoms with E-state index in [1.807, 2.05) is 0 Å². The molecule has 0 aromatic rings. The fourth-order valence-electron chi connectivity index (χ4n) is 1.92. The summed E-state index contributed by atoms with van der Waals surface area (Å²) in [6.07, 6.45) is 5.66. The molecule has 7 heteroatoms. The van der Waals surface area contributed by atoms with Crippen molar-refractivity contribution in [3.63, 3.8) is 0 Å². The maximum Gasteiger partial charge on any atom is 0.315 e. The minimum absolute atomic E-state index is 0. The number of hydrogen-bond acceptors (Lipinski definition) is 3. The van der Waals surface area contributed by atoms with Crippen LogP contribution in [-0.2, 0) is 4.79 Å². The Kier molecular flexibility index (Phi) is 9.40. The summed E-state index contributed by atoms with van der Waals surface area (Å²) < 4.78 is 0. The van der Waals surface area contributed by atoms with Gasteiger partial charge in [-0.2, -0.15) is 0 Å². The predicted octanol–water partition coefficient (Wildman–Crippen LogP) is 0.115. The molecule has 0 aromatic carbocycles. The van der Waals surface area contributed by atoms with Gasteiger partial charge in [-0.05, 0) is 12.8 Å². The zero-order valence-electron chi connectivity index (χ0n) is 10.5. The van der Waals surface area contributed by atoms with Gasteiger partial charge in [0.05, 0.1) is 6.54 Å². The first-order valence-electron chi connectivity index (χ1n) is 6.23. The normalized spacial score (nSPS) is 15.4. The first-order valence-corrected chi connectivity index (χ1v) is 6.23. The average molecular weight is 279 g/mol. The minimum atomic E-state index is -0.264. The molecule has 18 heavy (non-hydrogen) atoms. The Morgan fingerprint density at radius 3 is 2.39 bits per heavy atom. The quantitative estimate of drug-likeness (QED) is 0.575. The minimum Gasteiger partial charge on any atom is -0.353 e. The number of carbonyl (C=O) groups excluding carboxylic acids is 2. The van der Waals surface area contributed by atoms with E-state index >= 15 is 0 Å². The van der Waals surface area contributed by atoms with Crippen LogP contribution >= 0.6 is 12.4 Å². The molecule has 0 spiro atoms.